The van der Waals surface area contributed by atoms with Gasteiger partial charge in [0.1, 0.15) is 24.7 Å². The molecule has 2 aromatic rings. The number of hydrogen-bond acceptors (Lipinski definition) is 2. The van der Waals surface area contributed by atoms with E-state index in [1.807, 2.05) is 38.1 Å². The minimum Gasteiger partial charge on any atom is -0.489 e. The summed E-state index contributed by atoms with van der Waals surface area (Å²) in [6.07, 6.45) is 0. The molecule has 0 unspecified atom stereocenters. The lowest BCUT2D eigenvalue weighted by atomic mass is 10.1. The van der Waals surface area contributed by atoms with Crippen LogP contribution >= 0.6 is 0 Å². The van der Waals surface area contributed by atoms with Crippen molar-refractivity contribution in [2.75, 3.05) is 13.2 Å². The normalized spacial score (nSPS) is 10.1. The molecule has 0 spiro atoms. The minimum atomic E-state index is 0.550. The van der Waals surface area contributed by atoms with E-state index in [-0.39, 0.29) is 0 Å². The van der Waals surface area contributed by atoms with Gasteiger partial charge in [-0.05, 0) is 60.4 Å². The lowest BCUT2D eigenvalue weighted by molar-refractivity contribution is 0.352. The first kappa shape index (κ1) is 15.9. The Morgan fingerprint density at radius 3 is 1.27 bits per heavy atom. The molecule has 0 bridgehead atoms. The standard InChI is InChI=1S/C20H22O2/c1-15(2)13-21-19-9-5-17(6-10-19)18-7-11-20(12-8-18)22-14-16(3)4/h5-12H,1,3,13-14H2,2,4H3. The fraction of sp³-hybridized carbons (Fsp3) is 0.200. The molecule has 0 N–H and O–H groups in total. The van der Waals surface area contributed by atoms with Crippen LogP contribution in [-0.2, 0) is 0 Å². The highest BCUT2D eigenvalue weighted by Crippen LogP contribution is 2.25. The lowest BCUT2D eigenvalue weighted by Gasteiger charge is -2.09. The first-order valence-corrected chi connectivity index (χ1v) is 7.29. The van der Waals surface area contributed by atoms with E-state index in [2.05, 4.69) is 37.4 Å². The second kappa shape index (κ2) is 7.51. The van der Waals surface area contributed by atoms with Gasteiger partial charge in [0.15, 0.2) is 0 Å². The molecule has 2 nitrogen and oxygen atoms in total. The van der Waals surface area contributed by atoms with Crippen molar-refractivity contribution in [3.63, 3.8) is 0 Å². The summed E-state index contributed by atoms with van der Waals surface area (Å²) in [6, 6.07) is 16.1. The first-order chi connectivity index (χ1) is 10.5. The molecule has 0 heterocycles. The third-order valence-electron chi connectivity index (χ3n) is 3.01. The molecule has 2 rings (SSSR count). The van der Waals surface area contributed by atoms with Crippen molar-refractivity contribution >= 4 is 0 Å². The highest BCUT2D eigenvalue weighted by Gasteiger charge is 2.00. The van der Waals surface area contributed by atoms with Gasteiger partial charge in [0.25, 0.3) is 0 Å². The van der Waals surface area contributed by atoms with Gasteiger partial charge in [-0.1, -0.05) is 37.4 Å². The van der Waals surface area contributed by atoms with Crippen LogP contribution in [0.3, 0.4) is 0 Å². The van der Waals surface area contributed by atoms with E-state index in [0.717, 1.165) is 33.8 Å². The zero-order valence-corrected chi connectivity index (χ0v) is 13.3. The molecule has 0 saturated carbocycles. The molecule has 114 valence electrons. The molecule has 2 heteroatoms. The van der Waals surface area contributed by atoms with Gasteiger partial charge in [-0.2, -0.15) is 0 Å². The summed E-state index contributed by atoms with van der Waals surface area (Å²) < 4.78 is 11.2. The van der Waals surface area contributed by atoms with Crippen molar-refractivity contribution in [1.29, 1.82) is 0 Å². The van der Waals surface area contributed by atoms with E-state index in [1.165, 1.54) is 0 Å². The fourth-order valence-corrected chi connectivity index (χ4v) is 1.90. The summed E-state index contributed by atoms with van der Waals surface area (Å²) in [5.41, 5.74) is 4.31. The average molecular weight is 294 g/mol. The smallest absolute Gasteiger partial charge is 0.119 e. The van der Waals surface area contributed by atoms with Gasteiger partial charge in [-0.15, -0.1) is 0 Å². The largest absolute Gasteiger partial charge is 0.489 e. The van der Waals surface area contributed by atoms with Crippen molar-refractivity contribution in [3.8, 4) is 22.6 Å². The van der Waals surface area contributed by atoms with Crippen LogP contribution in [0.1, 0.15) is 13.8 Å². The maximum Gasteiger partial charge on any atom is 0.119 e. The molecular formula is C20H22O2. The Labute approximate surface area is 132 Å². The zero-order chi connectivity index (χ0) is 15.9. The van der Waals surface area contributed by atoms with Crippen LogP contribution in [0.15, 0.2) is 72.8 Å². The van der Waals surface area contributed by atoms with Crippen LogP contribution in [0.25, 0.3) is 11.1 Å². The Kier molecular flexibility index (Phi) is 5.42. The van der Waals surface area contributed by atoms with E-state index in [1.54, 1.807) is 0 Å². The second-order valence-corrected chi connectivity index (χ2v) is 5.54. The Morgan fingerprint density at radius 2 is 1.00 bits per heavy atom. The highest BCUT2D eigenvalue weighted by atomic mass is 16.5. The molecule has 0 saturated heterocycles. The monoisotopic (exact) mass is 294 g/mol. The van der Waals surface area contributed by atoms with Gasteiger partial charge >= 0.3 is 0 Å². The Balaban J connectivity index is 2.02. The summed E-state index contributed by atoms with van der Waals surface area (Å²) in [4.78, 5) is 0. The summed E-state index contributed by atoms with van der Waals surface area (Å²) in [5, 5.41) is 0. The molecule has 0 fully saturated rings. The molecule has 0 aliphatic carbocycles. The average Bonchev–Trinajstić information content (AvgIpc) is 2.52. The van der Waals surface area contributed by atoms with Crippen LogP contribution in [0, 0.1) is 0 Å². The van der Waals surface area contributed by atoms with Crippen LogP contribution in [0.2, 0.25) is 0 Å². The summed E-state index contributed by atoms with van der Waals surface area (Å²) in [7, 11) is 0. The second-order valence-electron chi connectivity index (χ2n) is 5.54. The molecule has 0 radical (unpaired) electrons. The molecule has 22 heavy (non-hydrogen) atoms. The van der Waals surface area contributed by atoms with Crippen LogP contribution < -0.4 is 9.47 Å². The number of ether oxygens (including phenoxy) is 2. The van der Waals surface area contributed by atoms with Gasteiger partial charge in [0.2, 0.25) is 0 Å². The fourth-order valence-electron chi connectivity index (χ4n) is 1.90. The molecule has 0 aliphatic heterocycles. The van der Waals surface area contributed by atoms with Crippen molar-refractivity contribution in [1.82, 2.24) is 0 Å². The Hall–Kier alpha value is -2.48. The van der Waals surface area contributed by atoms with Crippen LogP contribution in [0.4, 0.5) is 0 Å². The molecule has 0 aliphatic rings. The predicted molar refractivity (Wildman–Crippen MR) is 92.5 cm³/mol. The maximum atomic E-state index is 5.60. The predicted octanol–water partition coefficient (Wildman–Crippen LogP) is 5.26. The van der Waals surface area contributed by atoms with Gasteiger partial charge in [-0.3, -0.25) is 0 Å². The lowest BCUT2D eigenvalue weighted by Crippen LogP contribution is -1.97. The molecule has 0 atom stereocenters. The van der Waals surface area contributed by atoms with Gasteiger partial charge in [0.05, 0.1) is 0 Å². The summed E-state index contributed by atoms with van der Waals surface area (Å²) in [5.74, 6) is 1.71. The van der Waals surface area contributed by atoms with Crippen LogP contribution in [0.5, 0.6) is 11.5 Å². The Morgan fingerprint density at radius 1 is 0.682 bits per heavy atom. The highest BCUT2D eigenvalue weighted by molar-refractivity contribution is 5.64. The topological polar surface area (TPSA) is 18.5 Å². The molecule has 2 aromatic carbocycles. The Bertz CT molecular complexity index is 577. The summed E-state index contributed by atoms with van der Waals surface area (Å²) in [6.45, 7) is 12.7. The van der Waals surface area contributed by atoms with E-state index in [0.29, 0.717) is 13.2 Å². The van der Waals surface area contributed by atoms with Gasteiger partial charge in [-0.25, -0.2) is 0 Å². The summed E-state index contributed by atoms with van der Waals surface area (Å²) >= 11 is 0. The first-order valence-electron chi connectivity index (χ1n) is 7.29. The van der Waals surface area contributed by atoms with Gasteiger partial charge < -0.3 is 9.47 Å². The number of benzene rings is 2. The van der Waals surface area contributed by atoms with E-state index in [4.69, 9.17) is 9.47 Å². The van der Waals surface area contributed by atoms with Crippen molar-refractivity contribution in [2.24, 2.45) is 0 Å². The van der Waals surface area contributed by atoms with E-state index in [9.17, 15) is 0 Å². The zero-order valence-electron chi connectivity index (χ0n) is 13.3. The minimum absolute atomic E-state index is 0.550. The number of hydrogen-bond donors (Lipinski definition) is 0. The molecule has 0 amide bonds. The van der Waals surface area contributed by atoms with Crippen molar-refractivity contribution < 1.29 is 9.47 Å². The van der Waals surface area contributed by atoms with Crippen LogP contribution in [-0.4, -0.2) is 13.2 Å². The van der Waals surface area contributed by atoms with E-state index >= 15 is 0 Å². The quantitative estimate of drug-likeness (QED) is 0.648. The molecular weight excluding hydrogens is 272 g/mol. The maximum absolute atomic E-state index is 5.60. The number of rotatable bonds is 7. The van der Waals surface area contributed by atoms with E-state index < -0.39 is 0 Å². The SMILES string of the molecule is C=C(C)COc1ccc(-c2ccc(OCC(=C)C)cc2)cc1. The van der Waals surface area contributed by atoms with Gasteiger partial charge in [0, 0.05) is 0 Å². The van der Waals surface area contributed by atoms with Crippen molar-refractivity contribution in [3.05, 3.63) is 72.8 Å². The third kappa shape index (κ3) is 4.81. The third-order valence-corrected chi connectivity index (χ3v) is 3.01. The molecule has 0 aromatic heterocycles. The van der Waals surface area contributed by atoms with Crippen molar-refractivity contribution in [2.45, 2.75) is 13.8 Å².